The van der Waals surface area contributed by atoms with Crippen LogP contribution in [-0.4, -0.2) is 159 Å². The Labute approximate surface area is 258 Å². The van der Waals surface area contributed by atoms with Crippen LogP contribution in [-0.2, 0) is 28.8 Å². The van der Waals surface area contributed by atoms with Crippen molar-refractivity contribution in [1.29, 1.82) is 0 Å². The lowest BCUT2D eigenvalue weighted by molar-refractivity contribution is -0.144. The van der Waals surface area contributed by atoms with E-state index in [0.29, 0.717) is 15.2 Å². The number of hydrogen-bond donors (Lipinski definition) is 12. The van der Waals surface area contributed by atoms with Crippen molar-refractivity contribution in [3.05, 3.63) is 0 Å². The van der Waals surface area contributed by atoms with Gasteiger partial charge in [0.2, 0.25) is 35.4 Å². The number of hydroxylamine groups is 6. The summed E-state index contributed by atoms with van der Waals surface area (Å²) >= 11 is 0. The van der Waals surface area contributed by atoms with Crippen LogP contribution in [0.1, 0.15) is 38.5 Å². The van der Waals surface area contributed by atoms with E-state index in [-0.39, 0.29) is 58.2 Å². The predicted octanol–water partition coefficient (Wildman–Crippen LogP) is -5.93. The summed E-state index contributed by atoms with van der Waals surface area (Å²) in [5.74, 6) is -4.75. The molecule has 1 rings (SSSR count). The van der Waals surface area contributed by atoms with Crippen LogP contribution in [0.5, 0.6) is 0 Å². The molecule has 6 amide bonds. The van der Waals surface area contributed by atoms with E-state index in [0.717, 1.165) is 0 Å². The minimum atomic E-state index is -1.33. The Hall–Kier alpha value is -3.54. The summed E-state index contributed by atoms with van der Waals surface area (Å²) in [5.41, 5.74) is 0. The maximum Gasteiger partial charge on any atom is 0.243 e. The van der Waals surface area contributed by atoms with Gasteiger partial charge in [-0.1, -0.05) is 0 Å². The number of aliphatic hydroxyl groups excluding tert-OH is 3. The monoisotopic (exact) mass is 651 g/mol. The highest BCUT2D eigenvalue weighted by molar-refractivity contribution is 5.96. The zero-order valence-corrected chi connectivity index (χ0v) is 24.8. The van der Waals surface area contributed by atoms with Crippen LogP contribution in [0.15, 0.2) is 0 Å². The van der Waals surface area contributed by atoms with Gasteiger partial charge < -0.3 is 62.8 Å². The van der Waals surface area contributed by atoms with Crippen LogP contribution >= 0.6 is 0 Å². The summed E-state index contributed by atoms with van der Waals surface area (Å²) in [4.78, 5) is 76.5. The van der Waals surface area contributed by atoms with E-state index in [1.807, 2.05) is 0 Å². The zero-order chi connectivity index (χ0) is 33.8. The van der Waals surface area contributed by atoms with Crippen molar-refractivity contribution in [2.45, 2.75) is 56.7 Å². The van der Waals surface area contributed by atoms with Crippen LogP contribution in [0.4, 0.5) is 0 Å². The SMILES string of the molecule is O=C1CNC(=O)CNC(=O)[C@H](CCCN(O)CO)NC(=O)[C@H](CCCN(O)CO)NC(=O)[C@H](CCCN(O)CO)NC(=O)CN1. The van der Waals surface area contributed by atoms with E-state index in [1.54, 1.807) is 0 Å². The third-order valence-corrected chi connectivity index (χ3v) is 6.45. The van der Waals surface area contributed by atoms with Crippen LogP contribution in [0, 0.1) is 0 Å². The number of carbonyl (C=O) groups excluding carboxylic acids is 6. The molecule has 1 fully saturated rings. The Morgan fingerprint density at radius 3 is 1.22 bits per heavy atom. The van der Waals surface area contributed by atoms with Gasteiger partial charge in [0.15, 0.2) is 0 Å². The number of rotatable bonds is 15. The first kappa shape index (κ1) is 39.5. The second-order valence-electron chi connectivity index (χ2n) is 10.1. The average Bonchev–Trinajstić information content (AvgIpc) is 3.02. The number of amides is 6. The normalized spacial score (nSPS) is 21.4. The molecule has 258 valence electrons. The number of hydrogen-bond acceptors (Lipinski definition) is 15. The molecule has 1 heterocycles. The molecule has 0 unspecified atom stereocenters. The highest BCUT2D eigenvalue weighted by Crippen LogP contribution is 2.07. The summed E-state index contributed by atoms with van der Waals surface area (Å²) in [5, 5.41) is 71.6. The molecule has 0 aromatic carbocycles. The topological polar surface area (TPSA) is 306 Å². The fourth-order valence-corrected chi connectivity index (χ4v) is 4.02. The van der Waals surface area contributed by atoms with Gasteiger partial charge in [0.1, 0.15) is 38.3 Å². The maximum atomic E-state index is 13.4. The van der Waals surface area contributed by atoms with Crippen molar-refractivity contribution in [3.8, 4) is 0 Å². The second-order valence-corrected chi connectivity index (χ2v) is 10.1. The first-order valence-corrected chi connectivity index (χ1v) is 14.2. The van der Waals surface area contributed by atoms with E-state index in [2.05, 4.69) is 31.9 Å². The second kappa shape index (κ2) is 22.0. The number of nitrogens with one attached hydrogen (secondary N) is 6. The van der Waals surface area contributed by atoms with E-state index < -0.39 is 93.4 Å². The van der Waals surface area contributed by atoms with Crippen molar-refractivity contribution in [2.75, 3.05) is 59.5 Å². The zero-order valence-electron chi connectivity index (χ0n) is 24.8. The Kier molecular flexibility index (Phi) is 19.3. The van der Waals surface area contributed by atoms with Gasteiger partial charge >= 0.3 is 0 Å². The minimum Gasteiger partial charge on any atom is -0.379 e. The van der Waals surface area contributed by atoms with Gasteiger partial charge in [-0.3, -0.25) is 28.8 Å². The molecule has 21 heteroatoms. The van der Waals surface area contributed by atoms with E-state index in [1.165, 1.54) is 0 Å². The van der Waals surface area contributed by atoms with Crippen LogP contribution < -0.4 is 31.9 Å². The van der Waals surface area contributed by atoms with Gasteiger partial charge in [-0.2, -0.15) is 15.2 Å². The van der Waals surface area contributed by atoms with Crippen LogP contribution in [0.25, 0.3) is 0 Å². The quantitative estimate of drug-likeness (QED) is 0.0579. The number of carbonyl (C=O) groups is 6. The molecule has 45 heavy (non-hydrogen) atoms. The molecule has 1 saturated heterocycles. The fourth-order valence-electron chi connectivity index (χ4n) is 4.02. The highest BCUT2D eigenvalue weighted by Gasteiger charge is 2.30. The summed E-state index contributed by atoms with van der Waals surface area (Å²) < 4.78 is 0. The molecule has 21 nitrogen and oxygen atoms in total. The smallest absolute Gasteiger partial charge is 0.243 e. The van der Waals surface area contributed by atoms with E-state index in [9.17, 15) is 44.4 Å². The van der Waals surface area contributed by atoms with Gasteiger partial charge in [-0.25, -0.2) is 0 Å². The molecule has 0 bridgehead atoms. The third kappa shape index (κ3) is 16.9. The van der Waals surface area contributed by atoms with E-state index in [4.69, 9.17) is 15.3 Å². The molecule has 12 N–H and O–H groups in total. The molecule has 0 aromatic heterocycles. The third-order valence-electron chi connectivity index (χ3n) is 6.45. The van der Waals surface area contributed by atoms with Crippen molar-refractivity contribution in [1.82, 2.24) is 47.1 Å². The molecule has 1 aliphatic rings. The van der Waals surface area contributed by atoms with Crippen molar-refractivity contribution in [2.24, 2.45) is 0 Å². The predicted molar refractivity (Wildman–Crippen MR) is 149 cm³/mol. The van der Waals surface area contributed by atoms with Gasteiger partial charge in [0, 0.05) is 19.6 Å². The number of aliphatic hydroxyl groups is 3. The molecule has 0 aromatic rings. The minimum absolute atomic E-state index is 0.0709. The molecular formula is C24H45N9O12. The van der Waals surface area contributed by atoms with Gasteiger partial charge in [0.05, 0.1) is 19.6 Å². The van der Waals surface area contributed by atoms with Crippen molar-refractivity contribution < 1.29 is 59.7 Å². The Morgan fingerprint density at radius 2 is 0.822 bits per heavy atom. The average molecular weight is 652 g/mol. The molecule has 0 radical (unpaired) electrons. The van der Waals surface area contributed by atoms with Crippen LogP contribution in [0.2, 0.25) is 0 Å². The molecule has 1 aliphatic heterocycles. The Bertz CT molecular complexity index is 962. The molecule has 0 spiro atoms. The highest BCUT2D eigenvalue weighted by atomic mass is 16.5. The first-order valence-electron chi connectivity index (χ1n) is 14.2. The largest absolute Gasteiger partial charge is 0.379 e. The Balaban J connectivity index is 3.29. The summed E-state index contributed by atoms with van der Waals surface area (Å²) in [6.45, 7) is -4.01. The standard InChI is InChI=1S/C24H45N9O12/c34-13-31(43)7-1-4-16-22(40)27-11-20(38)25-10-19(37)26-12-21(39)28-17(5-2-8-32(44)14-35)23(41)30-18(24(42)29-16)6-3-9-33(45)15-36/h16-18,34-36,43-45H,1-15H2,(H,25,38)(H,26,37)(H,27,40)(H,28,39)(H,29,42)(H,30,41)/t16-,17-,18-/m0/s1. The first-order chi connectivity index (χ1) is 21.4. The van der Waals surface area contributed by atoms with Crippen LogP contribution in [0.3, 0.4) is 0 Å². The summed E-state index contributed by atoms with van der Waals surface area (Å²) in [6, 6.07) is -3.90. The fraction of sp³-hybridized carbons (Fsp3) is 0.750. The van der Waals surface area contributed by atoms with Gasteiger partial charge in [0.25, 0.3) is 0 Å². The molecular weight excluding hydrogens is 606 g/mol. The number of nitrogens with zero attached hydrogens (tertiary/aromatic N) is 3. The summed E-state index contributed by atoms with van der Waals surface area (Å²) in [6.07, 6.45) is 0.00948. The lowest BCUT2D eigenvalue weighted by atomic mass is 10.1. The van der Waals surface area contributed by atoms with Crippen molar-refractivity contribution >= 4 is 35.4 Å². The maximum absolute atomic E-state index is 13.4. The van der Waals surface area contributed by atoms with Crippen molar-refractivity contribution in [3.63, 3.8) is 0 Å². The molecule has 0 aliphatic carbocycles. The molecule has 0 saturated carbocycles. The summed E-state index contributed by atoms with van der Waals surface area (Å²) in [7, 11) is 0. The van der Waals surface area contributed by atoms with Gasteiger partial charge in [-0.15, -0.1) is 0 Å². The molecule has 3 atom stereocenters. The Morgan fingerprint density at radius 1 is 0.489 bits per heavy atom. The van der Waals surface area contributed by atoms with Gasteiger partial charge in [-0.05, 0) is 38.5 Å². The van der Waals surface area contributed by atoms with E-state index >= 15 is 0 Å². The lowest BCUT2D eigenvalue weighted by Gasteiger charge is -2.26. The lowest BCUT2D eigenvalue weighted by Crippen LogP contribution is -2.58.